The number of rotatable bonds is 4. The van der Waals surface area contributed by atoms with Gasteiger partial charge >= 0.3 is 6.09 Å². The summed E-state index contributed by atoms with van der Waals surface area (Å²) in [4.78, 5) is 14.5. The molecule has 1 atom stereocenters. The molecular formula is C23H24FN3O2. The van der Waals surface area contributed by atoms with Gasteiger partial charge in [-0.25, -0.2) is 9.18 Å². The predicted octanol–water partition coefficient (Wildman–Crippen LogP) is 4.19. The van der Waals surface area contributed by atoms with Gasteiger partial charge in [-0.1, -0.05) is 36.4 Å². The lowest BCUT2D eigenvalue weighted by molar-refractivity contribution is 0.0966. The molecule has 1 aliphatic heterocycles. The number of amides is 1. The minimum absolute atomic E-state index is 0.0679. The average molecular weight is 393 g/mol. The van der Waals surface area contributed by atoms with E-state index in [1.165, 1.54) is 17.7 Å². The SMILES string of the molecule is Cc1c(C2CN(C(=O)OCCc3ccc(F)cc3)Cc3ccccc32)cnn1C. The highest BCUT2D eigenvalue weighted by Gasteiger charge is 2.31. The molecule has 1 unspecified atom stereocenters. The molecule has 1 amide bonds. The fraction of sp³-hybridized carbons (Fsp3) is 0.304. The van der Waals surface area contributed by atoms with Crippen molar-refractivity contribution >= 4 is 6.09 Å². The minimum atomic E-state index is -0.326. The predicted molar refractivity (Wildman–Crippen MR) is 108 cm³/mol. The molecule has 0 saturated carbocycles. The van der Waals surface area contributed by atoms with Crippen molar-refractivity contribution in [3.8, 4) is 0 Å². The Kier molecular flexibility index (Phi) is 5.34. The Morgan fingerprint density at radius 2 is 1.93 bits per heavy atom. The monoisotopic (exact) mass is 393 g/mol. The smallest absolute Gasteiger partial charge is 0.410 e. The normalized spacial score (nSPS) is 15.8. The summed E-state index contributed by atoms with van der Waals surface area (Å²) >= 11 is 0. The van der Waals surface area contributed by atoms with Crippen LogP contribution in [0.5, 0.6) is 0 Å². The van der Waals surface area contributed by atoms with E-state index in [1.807, 2.05) is 37.0 Å². The molecule has 0 fully saturated rings. The van der Waals surface area contributed by atoms with E-state index in [0.29, 0.717) is 19.5 Å². The van der Waals surface area contributed by atoms with Crippen LogP contribution in [-0.2, 0) is 24.8 Å². The van der Waals surface area contributed by atoms with Crippen LogP contribution >= 0.6 is 0 Å². The Morgan fingerprint density at radius 1 is 1.17 bits per heavy atom. The van der Waals surface area contributed by atoms with Crippen LogP contribution in [0.4, 0.5) is 9.18 Å². The summed E-state index contributed by atoms with van der Waals surface area (Å²) in [5.41, 5.74) is 5.52. The number of nitrogens with zero attached hydrogens (tertiary/aromatic N) is 3. The van der Waals surface area contributed by atoms with Crippen LogP contribution in [0.2, 0.25) is 0 Å². The first-order valence-electron chi connectivity index (χ1n) is 9.75. The van der Waals surface area contributed by atoms with E-state index in [0.717, 1.165) is 22.4 Å². The highest BCUT2D eigenvalue weighted by Crippen LogP contribution is 2.35. The Hall–Kier alpha value is -3.15. The van der Waals surface area contributed by atoms with Crippen LogP contribution in [0, 0.1) is 12.7 Å². The van der Waals surface area contributed by atoms with Crippen LogP contribution in [0.25, 0.3) is 0 Å². The molecule has 150 valence electrons. The summed E-state index contributed by atoms with van der Waals surface area (Å²) in [6.45, 7) is 3.39. The number of halogens is 1. The molecule has 1 aliphatic rings. The number of aryl methyl sites for hydroxylation is 1. The van der Waals surface area contributed by atoms with E-state index in [2.05, 4.69) is 17.2 Å². The number of carbonyl (C=O) groups excluding carboxylic acids is 1. The van der Waals surface area contributed by atoms with Crippen LogP contribution in [0.15, 0.2) is 54.7 Å². The van der Waals surface area contributed by atoms with Crippen LogP contribution in [0.3, 0.4) is 0 Å². The van der Waals surface area contributed by atoms with Gasteiger partial charge in [0, 0.05) is 43.7 Å². The zero-order valence-electron chi connectivity index (χ0n) is 16.6. The third-order valence-electron chi connectivity index (χ3n) is 5.63. The summed E-state index contributed by atoms with van der Waals surface area (Å²) in [5.74, 6) is -0.201. The van der Waals surface area contributed by atoms with Gasteiger partial charge in [-0.2, -0.15) is 5.10 Å². The number of hydrogen-bond donors (Lipinski definition) is 0. The van der Waals surface area contributed by atoms with Crippen molar-refractivity contribution in [2.45, 2.75) is 25.8 Å². The Bertz CT molecular complexity index is 1010. The molecule has 29 heavy (non-hydrogen) atoms. The lowest BCUT2D eigenvalue weighted by atomic mass is 9.85. The lowest BCUT2D eigenvalue weighted by Crippen LogP contribution is -2.39. The van der Waals surface area contributed by atoms with Crippen LogP contribution < -0.4 is 0 Å². The van der Waals surface area contributed by atoms with Gasteiger partial charge in [-0.3, -0.25) is 4.68 Å². The molecule has 0 bridgehead atoms. The first-order chi connectivity index (χ1) is 14.0. The fourth-order valence-corrected chi connectivity index (χ4v) is 3.87. The van der Waals surface area contributed by atoms with Gasteiger partial charge in [0.05, 0.1) is 12.8 Å². The Labute approximate surface area is 169 Å². The first-order valence-corrected chi connectivity index (χ1v) is 9.75. The third-order valence-corrected chi connectivity index (χ3v) is 5.63. The quantitative estimate of drug-likeness (QED) is 0.668. The van der Waals surface area contributed by atoms with Crippen molar-refractivity contribution in [2.24, 2.45) is 7.05 Å². The maximum absolute atomic E-state index is 13.0. The molecule has 0 aliphatic carbocycles. The van der Waals surface area contributed by atoms with E-state index in [4.69, 9.17) is 4.74 Å². The summed E-state index contributed by atoms with van der Waals surface area (Å²) in [7, 11) is 1.93. The van der Waals surface area contributed by atoms with Gasteiger partial charge in [0.2, 0.25) is 0 Å². The average Bonchev–Trinajstić information content (AvgIpc) is 3.07. The topological polar surface area (TPSA) is 47.4 Å². The fourth-order valence-electron chi connectivity index (χ4n) is 3.87. The highest BCUT2D eigenvalue weighted by molar-refractivity contribution is 5.68. The summed E-state index contributed by atoms with van der Waals surface area (Å²) in [6.07, 6.45) is 2.12. The second kappa shape index (κ2) is 8.07. The number of carbonyl (C=O) groups is 1. The molecule has 0 spiro atoms. The van der Waals surface area contributed by atoms with Crippen molar-refractivity contribution in [3.05, 3.63) is 88.5 Å². The zero-order valence-corrected chi connectivity index (χ0v) is 16.6. The van der Waals surface area contributed by atoms with E-state index in [1.54, 1.807) is 17.0 Å². The second-order valence-corrected chi connectivity index (χ2v) is 7.43. The summed E-state index contributed by atoms with van der Waals surface area (Å²) in [6, 6.07) is 14.5. The number of fused-ring (bicyclic) bond motifs is 1. The van der Waals surface area contributed by atoms with E-state index < -0.39 is 0 Å². The highest BCUT2D eigenvalue weighted by atomic mass is 19.1. The third kappa shape index (κ3) is 4.01. The van der Waals surface area contributed by atoms with Gasteiger partial charge in [0.15, 0.2) is 0 Å². The largest absolute Gasteiger partial charge is 0.449 e. The zero-order chi connectivity index (χ0) is 20.4. The van der Waals surface area contributed by atoms with Crippen molar-refractivity contribution in [3.63, 3.8) is 0 Å². The van der Waals surface area contributed by atoms with Crippen LogP contribution in [0.1, 0.15) is 33.9 Å². The van der Waals surface area contributed by atoms with Crippen LogP contribution in [-0.4, -0.2) is 33.9 Å². The molecule has 4 rings (SSSR count). The Morgan fingerprint density at radius 3 is 2.66 bits per heavy atom. The molecule has 0 saturated heterocycles. The van der Waals surface area contributed by atoms with Crippen molar-refractivity contribution < 1.29 is 13.9 Å². The molecule has 6 heteroatoms. The van der Waals surface area contributed by atoms with Gasteiger partial charge in [0.1, 0.15) is 5.82 Å². The van der Waals surface area contributed by atoms with Gasteiger partial charge in [-0.15, -0.1) is 0 Å². The van der Waals surface area contributed by atoms with Crippen molar-refractivity contribution in [1.29, 1.82) is 0 Å². The maximum atomic E-state index is 13.0. The van der Waals surface area contributed by atoms with E-state index in [-0.39, 0.29) is 24.4 Å². The summed E-state index contributed by atoms with van der Waals surface area (Å²) in [5, 5.41) is 4.38. The molecule has 2 aromatic carbocycles. The summed E-state index contributed by atoms with van der Waals surface area (Å²) < 4.78 is 20.4. The standard InChI is InChI=1S/C23H24FN3O2/c1-16-21(13-25-26(16)2)22-15-27(14-18-5-3-4-6-20(18)22)23(28)29-12-11-17-7-9-19(24)10-8-17/h3-10,13,22H,11-12,14-15H2,1-2H3. The van der Waals surface area contributed by atoms with Gasteiger partial charge in [0.25, 0.3) is 0 Å². The van der Waals surface area contributed by atoms with Crippen molar-refractivity contribution in [1.82, 2.24) is 14.7 Å². The second-order valence-electron chi connectivity index (χ2n) is 7.43. The number of benzene rings is 2. The first kappa shape index (κ1) is 19.2. The minimum Gasteiger partial charge on any atom is -0.449 e. The molecular weight excluding hydrogens is 369 g/mol. The number of aromatic nitrogens is 2. The van der Waals surface area contributed by atoms with Gasteiger partial charge in [-0.05, 0) is 35.7 Å². The molecule has 0 radical (unpaired) electrons. The molecule has 0 N–H and O–H groups in total. The number of hydrogen-bond acceptors (Lipinski definition) is 3. The molecule has 5 nitrogen and oxygen atoms in total. The molecule has 2 heterocycles. The van der Waals surface area contributed by atoms with Gasteiger partial charge < -0.3 is 9.64 Å². The molecule has 1 aromatic heterocycles. The lowest BCUT2D eigenvalue weighted by Gasteiger charge is -2.34. The van der Waals surface area contributed by atoms with Crippen molar-refractivity contribution in [2.75, 3.05) is 13.2 Å². The number of ether oxygens (including phenoxy) is 1. The Balaban J connectivity index is 1.47. The maximum Gasteiger partial charge on any atom is 0.410 e. The molecule has 3 aromatic rings. The van der Waals surface area contributed by atoms with E-state index in [9.17, 15) is 9.18 Å². The van der Waals surface area contributed by atoms with E-state index >= 15 is 0 Å².